The SMILES string of the molecule is COc1cc2nccc(Oc3ccc(NC(=O)C4(C(=O)Nc5ccc(F)cc5)CC4)cc3)c2cc1C(=O)N1CCC1. The first kappa shape index (κ1) is 26.2. The number of carbonyl (C=O) groups excluding carboxylic acids is 3. The van der Waals surface area contributed by atoms with Crippen LogP contribution in [0.25, 0.3) is 10.9 Å². The maximum Gasteiger partial charge on any atom is 0.257 e. The van der Waals surface area contributed by atoms with Crippen LogP contribution in [0.2, 0.25) is 0 Å². The van der Waals surface area contributed by atoms with Crippen molar-refractivity contribution in [2.24, 2.45) is 5.41 Å². The second-order valence-electron chi connectivity index (χ2n) is 10.1. The zero-order valence-corrected chi connectivity index (χ0v) is 22.3. The van der Waals surface area contributed by atoms with Crippen LogP contribution < -0.4 is 20.1 Å². The lowest BCUT2D eigenvalue weighted by atomic mass is 10.0. The number of rotatable bonds is 8. The summed E-state index contributed by atoms with van der Waals surface area (Å²) >= 11 is 0. The van der Waals surface area contributed by atoms with Gasteiger partial charge in [-0.1, -0.05) is 0 Å². The predicted octanol–water partition coefficient (Wildman–Crippen LogP) is 5.38. The van der Waals surface area contributed by atoms with Crippen molar-refractivity contribution in [1.29, 1.82) is 0 Å². The number of benzene rings is 3. The third kappa shape index (κ3) is 5.16. The van der Waals surface area contributed by atoms with Crippen LogP contribution in [0.1, 0.15) is 29.6 Å². The van der Waals surface area contributed by atoms with E-state index in [4.69, 9.17) is 9.47 Å². The lowest BCUT2D eigenvalue weighted by Gasteiger charge is -2.31. The molecule has 1 saturated carbocycles. The van der Waals surface area contributed by atoms with Crippen LogP contribution in [0.15, 0.2) is 72.9 Å². The Kier molecular flexibility index (Phi) is 6.74. The van der Waals surface area contributed by atoms with Crippen molar-refractivity contribution in [3.8, 4) is 17.2 Å². The molecular formula is C31H27FN4O5. The summed E-state index contributed by atoms with van der Waals surface area (Å²) in [5.41, 5.74) is 0.849. The average Bonchev–Trinajstić information content (AvgIpc) is 3.76. The van der Waals surface area contributed by atoms with E-state index in [1.165, 1.54) is 31.4 Å². The van der Waals surface area contributed by atoms with Crippen molar-refractivity contribution in [2.45, 2.75) is 19.3 Å². The van der Waals surface area contributed by atoms with Crippen molar-refractivity contribution in [3.05, 3.63) is 84.3 Å². The van der Waals surface area contributed by atoms with Gasteiger partial charge in [-0.2, -0.15) is 0 Å². The van der Waals surface area contributed by atoms with Crippen LogP contribution >= 0.6 is 0 Å². The summed E-state index contributed by atoms with van der Waals surface area (Å²) in [6.45, 7) is 1.44. The Morgan fingerprint density at radius 1 is 0.878 bits per heavy atom. The summed E-state index contributed by atoms with van der Waals surface area (Å²) in [5.74, 6) is 0.157. The number of ether oxygens (including phenoxy) is 2. The summed E-state index contributed by atoms with van der Waals surface area (Å²) in [6, 6.07) is 17.4. The number of hydrogen-bond acceptors (Lipinski definition) is 6. The molecule has 208 valence electrons. The molecule has 10 heteroatoms. The lowest BCUT2D eigenvalue weighted by Crippen LogP contribution is -2.42. The van der Waals surface area contributed by atoms with Gasteiger partial charge in [0.15, 0.2) is 0 Å². The number of likely N-dealkylation sites (tertiary alicyclic amines) is 1. The zero-order chi connectivity index (χ0) is 28.6. The highest BCUT2D eigenvalue weighted by Crippen LogP contribution is 2.47. The topological polar surface area (TPSA) is 110 Å². The molecule has 6 rings (SSSR count). The van der Waals surface area contributed by atoms with Crippen molar-refractivity contribution < 1.29 is 28.2 Å². The maximum absolute atomic E-state index is 13.2. The van der Waals surface area contributed by atoms with Crippen molar-refractivity contribution in [2.75, 3.05) is 30.8 Å². The summed E-state index contributed by atoms with van der Waals surface area (Å²) in [6.07, 6.45) is 3.46. The standard InChI is InChI=1S/C31H27FN4O5/c1-40-27-18-25-23(17-24(27)28(37)36-15-2-16-36)26(11-14-33-25)41-22-9-7-21(8-10-22)35-30(39)31(12-13-31)29(38)34-20-5-3-19(32)4-6-20/h3-11,14,17-18H,2,12-13,15-16H2,1H3,(H,34,38)(H,35,39). The van der Waals surface area contributed by atoms with E-state index in [1.54, 1.807) is 53.6 Å². The van der Waals surface area contributed by atoms with Gasteiger partial charge in [0, 0.05) is 42.1 Å². The third-order valence-corrected chi connectivity index (χ3v) is 7.46. The predicted molar refractivity (Wildman–Crippen MR) is 151 cm³/mol. The molecule has 0 spiro atoms. The molecule has 9 nitrogen and oxygen atoms in total. The average molecular weight is 555 g/mol. The van der Waals surface area contributed by atoms with E-state index >= 15 is 0 Å². The molecule has 2 heterocycles. The molecular weight excluding hydrogens is 527 g/mol. The molecule has 0 atom stereocenters. The molecule has 41 heavy (non-hydrogen) atoms. The molecule has 0 bridgehead atoms. The first-order chi connectivity index (χ1) is 19.9. The first-order valence-electron chi connectivity index (χ1n) is 13.3. The molecule has 2 N–H and O–H groups in total. The Hall–Kier alpha value is -4.99. The monoisotopic (exact) mass is 554 g/mol. The Balaban J connectivity index is 1.16. The highest BCUT2D eigenvalue weighted by atomic mass is 19.1. The Morgan fingerprint density at radius 2 is 1.51 bits per heavy atom. The van der Waals surface area contributed by atoms with Crippen LogP contribution in [-0.2, 0) is 9.59 Å². The van der Waals surface area contributed by atoms with Gasteiger partial charge in [0.1, 0.15) is 28.5 Å². The number of methoxy groups -OCH3 is 1. The van der Waals surface area contributed by atoms with E-state index in [9.17, 15) is 18.8 Å². The van der Waals surface area contributed by atoms with Crippen LogP contribution in [0.4, 0.5) is 15.8 Å². The van der Waals surface area contributed by atoms with Gasteiger partial charge in [-0.25, -0.2) is 4.39 Å². The fourth-order valence-electron chi connectivity index (χ4n) is 4.71. The minimum absolute atomic E-state index is 0.0929. The van der Waals surface area contributed by atoms with Gasteiger partial charge >= 0.3 is 0 Å². The molecule has 1 aliphatic carbocycles. The van der Waals surface area contributed by atoms with Crippen molar-refractivity contribution >= 4 is 40.0 Å². The maximum atomic E-state index is 13.2. The number of hydrogen-bond donors (Lipinski definition) is 2. The molecule has 1 aromatic heterocycles. The van der Waals surface area contributed by atoms with E-state index in [0.29, 0.717) is 57.9 Å². The number of carbonyl (C=O) groups is 3. The van der Waals surface area contributed by atoms with Gasteiger partial charge < -0.3 is 25.0 Å². The first-order valence-corrected chi connectivity index (χ1v) is 13.3. The number of fused-ring (bicyclic) bond motifs is 1. The highest BCUT2D eigenvalue weighted by Gasteiger charge is 2.56. The largest absolute Gasteiger partial charge is 0.496 e. The van der Waals surface area contributed by atoms with Crippen LogP contribution in [0.3, 0.4) is 0 Å². The molecule has 2 fully saturated rings. The summed E-state index contributed by atoms with van der Waals surface area (Å²) in [7, 11) is 1.53. The van der Waals surface area contributed by atoms with Crippen molar-refractivity contribution in [1.82, 2.24) is 9.88 Å². The number of pyridine rings is 1. The lowest BCUT2D eigenvalue weighted by molar-refractivity contribution is -0.131. The Labute approximate surface area is 235 Å². The number of halogens is 1. The molecule has 4 aromatic rings. The Bertz CT molecular complexity index is 1650. The van der Waals surface area contributed by atoms with Gasteiger partial charge in [-0.15, -0.1) is 0 Å². The van der Waals surface area contributed by atoms with Gasteiger partial charge in [0.2, 0.25) is 11.8 Å². The molecule has 2 aliphatic rings. The third-order valence-electron chi connectivity index (χ3n) is 7.46. The number of nitrogens with one attached hydrogen (secondary N) is 2. The van der Waals surface area contributed by atoms with Crippen molar-refractivity contribution in [3.63, 3.8) is 0 Å². The molecule has 1 aliphatic heterocycles. The van der Waals surface area contributed by atoms with E-state index in [0.717, 1.165) is 19.5 Å². The minimum atomic E-state index is -1.16. The molecule has 3 amide bonds. The minimum Gasteiger partial charge on any atom is -0.496 e. The van der Waals surface area contributed by atoms with Crippen LogP contribution in [0, 0.1) is 11.2 Å². The second-order valence-corrected chi connectivity index (χ2v) is 10.1. The van der Waals surface area contributed by atoms with Gasteiger partial charge in [0.25, 0.3) is 5.91 Å². The number of anilines is 2. The number of nitrogens with zero attached hydrogens (tertiary/aromatic N) is 2. The molecule has 0 radical (unpaired) electrons. The molecule has 1 saturated heterocycles. The van der Waals surface area contributed by atoms with Crippen LogP contribution in [0.5, 0.6) is 17.2 Å². The molecule has 3 aromatic carbocycles. The van der Waals surface area contributed by atoms with E-state index in [1.807, 2.05) is 0 Å². The summed E-state index contributed by atoms with van der Waals surface area (Å²) < 4.78 is 24.8. The van der Waals surface area contributed by atoms with Gasteiger partial charge in [-0.3, -0.25) is 19.4 Å². The van der Waals surface area contributed by atoms with E-state index in [2.05, 4.69) is 15.6 Å². The van der Waals surface area contributed by atoms with Gasteiger partial charge in [-0.05, 0) is 79.9 Å². The zero-order valence-electron chi connectivity index (χ0n) is 22.3. The number of aromatic nitrogens is 1. The molecule has 0 unspecified atom stereocenters. The fraction of sp³-hybridized carbons (Fsp3) is 0.226. The van der Waals surface area contributed by atoms with Crippen LogP contribution in [-0.4, -0.2) is 47.8 Å². The summed E-state index contributed by atoms with van der Waals surface area (Å²) in [5, 5.41) is 6.18. The fourth-order valence-corrected chi connectivity index (χ4v) is 4.71. The van der Waals surface area contributed by atoms with E-state index < -0.39 is 23.0 Å². The summed E-state index contributed by atoms with van der Waals surface area (Å²) in [4.78, 5) is 45.0. The quantitative estimate of drug-likeness (QED) is 0.283. The second kappa shape index (κ2) is 10.5. The van der Waals surface area contributed by atoms with Gasteiger partial charge in [0.05, 0.1) is 18.2 Å². The smallest absolute Gasteiger partial charge is 0.257 e. The highest BCUT2D eigenvalue weighted by molar-refractivity contribution is 6.17. The Morgan fingerprint density at radius 3 is 2.07 bits per heavy atom. The normalized spacial score (nSPS) is 15.0. The number of amides is 3. The van der Waals surface area contributed by atoms with E-state index in [-0.39, 0.29) is 5.91 Å².